The summed E-state index contributed by atoms with van der Waals surface area (Å²) in [4.78, 5) is 34.3. The molecule has 0 spiro atoms. The molecule has 27 heavy (non-hydrogen) atoms. The monoisotopic (exact) mass is 369 g/mol. The third-order valence-corrected chi connectivity index (χ3v) is 5.37. The van der Waals surface area contributed by atoms with Gasteiger partial charge in [-0.1, -0.05) is 18.2 Å². The number of benzene rings is 1. The lowest BCUT2D eigenvalue weighted by Gasteiger charge is -2.16. The zero-order valence-electron chi connectivity index (χ0n) is 15.7. The van der Waals surface area contributed by atoms with Crippen LogP contribution in [0, 0.1) is 0 Å². The highest BCUT2D eigenvalue weighted by Crippen LogP contribution is 2.33. The standard InChI is InChI=1S/C19H23N5O3/c1-22-17-16(18(25)23(2)19(22)26)20-15(21-17)11-24-9-8-12(10-24)13-6-4-5-7-14(13)27-3/h4-7,12H,8-11H2,1-3H3,(H,20,21). The number of fused-ring (bicyclic) bond motifs is 1. The SMILES string of the molecule is COc1ccccc1C1CCN(Cc2nc3c([nH]2)c(=O)n(C)c(=O)n3C)C1. The van der Waals surface area contributed by atoms with Gasteiger partial charge in [-0.05, 0) is 24.6 Å². The number of rotatable bonds is 4. The molecule has 1 fully saturated rings. The average molecular weight is 369 g/mol. The van der Waals surface area contributed by atoms with Crippen LogP contribution in [0.5, 0.6) is 5.75 Å². The Bertz CT molecular complexity index is 1110. The molecule has 8 heteroatoms. The Hall–Kier alpha value is -2.87. The fourth-order valence-electron chi connectivity index (χ4n) is 3.89. The first-order chi connectivity index (χ1) is 13.0. The smallest absolute Gasteiger partial charge is 0.332 e. The molecule has 0 saturated carbocycles. The molecule has 1 N–H and O–H groups in total. The van der Waals surface area contributed by atoms with Gasteiger partial charge in [0.15, 0.2) is 5.65 Å². The first kappa shape index (κ1) is 17.5. The number of para-hydroxylation sites is 1. The fourth-order valence-corrected chi connectivity index (χ4v) is 3.89. The summed E-state index contributed by atoms with van der Waals surface area (Å²) in [7, 11) is 4.80. The van der Waals surface area contributed by atoms with Crippen molar-refractivity contribution in [2.24, 2.45) is 14.1 Å². The molecule has 2 aromatic heterocycles. The van der Waals surface area contributed by atoms with E-state index in [1.807, 2.05) is 18.2 Å². The Morgan fingerprint density at radius 2 is 2.00 bits per heavy atom. The van der Waals surface area contributed by atoms with E-state index in [0.29, 0.717) is 29.5 Å². The van der Waals surface area contributed by atoms with Crippen LogP contribution in [0.15, 0.2) is 33.9 Å². The minimum Gasteiger partial charge on any atom is -0.496 e. The van der Waals surface area contributed by atoms with Gasteiger partial charge in [-0.25, -0.2) is 9.78 Å². The van der Waals surface area contributed by atoms with Crippen LogP contribution in [0.1, 0.15) is 23.7 Å². The maximum Gasteiger partial charge on any atom is 0.332 e. The highest BCUT2D eigenvalue weighted by Gasteiger charge is 2.27. The van der Waals surface area contributed by atoms with Crippen molar-refractivity contribution in [1.29, 1.82) is 0 Å². The van der Waals surface area contributed by atoms with Crippen molar-refractivity contribution in [1.82, 2.24) is 24.0 Å². The summed E-state index contributed by atoms with van der Waals surface area (Å²) in [6.45, 7) is 2.45. The molecule has 4 rings (SSSR count). The zero-order chi connectivity index (χ0) is 19.1. The summed E-state index contributed by atoms with van der Waals surface area (Å²) in [6.07, 6.45) is 1.04. The number of imidazole rings is 1. The van der Waals surface area contributed by atoms with E-state index in [4.69, 9.17) is 4.74 Å². The number of aromatic nitrogens is 4. The van der Waals surface area contributed by atoms with Crippen molar-refractivity contribution in [3.05, 3.63) is 56.5 Å². The van der Waals surface area contributed by atoms with Crippen LogP contribution in [-0.4, -0.2) is 44.2 Å². The lowest BCUT2D eigenvalue weighted by molar-refractivity contribution is 0.318. The van der Waals surface area contributed by atoms with Crippen LogP contribution in [-0.2, 0) is 20.6 Å². The Morgan fingerprint density at radius 3 is 2.78 bits per heavy atom. The number of aromatic amines is 1. The van der Waals surface area contributed by atoms with Crippen LogP contribution in [0.4, 0.5) is 0 Å². The third kappa shape index (κ3) is 2.95. The van der Waals surface area contributed by atoms with E-state index < -0.39 is 0 Å². The number of hydrogen-bond acceptors (Lipinski definition) is 5. The molecule has 3 aromatic rings. The molecule has 142 valence electrons. The van der Waals surface area contributed by atoms with Crippen LogP contribution in [0.3, 0.4) is 0 Å². The van der Waals surface area contributed by atoms with Gasteiger partial charge in [0.05, 0.1) is 13.7 Å². The number of nitrogens with zero attached hydrogens (tertiary/aromatic N) is 4. The summed E-state index contributed by atoms with van der Waals surface area (Å²) in [5.41, 5.74) is 1.28. The van der Waals surface area contributed by atoms with Crippen LogP contribution < -0.4 is 16.0 Å². The van der Waals surface area contributed by atoms with E-state index in [0.717, 1.165) is 29.8 Å². The quantitative estimate of drug-likeness (QED) is 0.740. The van der Waals surface area contributed by atoms with Crippen molar-refractivity contribution in [2.45, 2.75) is 18.9 Å². The molecule has 0 radical (unpaired) electrons. The first-order valence-electron chi connectivity index (χ1n) is 8.99. The minimum absolute atomic E-state index is 0.347. The Labute approximate surface area is 156 Å². The lowest BCUT2D eigenvalue weighted by atomic mass is 9.97. The highest BCUT2D eigenvalue weighted by molar-refractivity contribution is 5.69. The summed E-state index contributed by atoms with van der Waals surface area (Å²) in [5, 5.41) is 0. The van der Waals surface area contributed by atoms with Gasteiger partial charge in [-0.3, -0.25) is 18.8 Å². The highest BCUT2D eigenvalue weighted by atomic mass is 16.5. The molecule has 0 aliphatic carbocycles. The van der Waals surface area contributed by atoms with Crippen molar-refractivity contribution < 1.29 is 4.74 Å². The third-order valence-electron chi connectivity index (χ3n) is 5.37. The maximum absolute atomic E-state index is 12.3. The second-order valence-electron chi connectivity index (χ2n) is 7.05. The van der Waals surface area contributed by atoms with E-state index in [1.165, 1.54) is 17.2 Å². The molecule has 8 nitrogen and oxygen atoms in total. The molecular formula is C19H23N5O3. The Balaban J connectivity index is 1.57. The predicted octanol–water partition coefficient (Wildman–Crippen LogP) is 0.958. The predicted molar refractivity (Wildman–Crippen MR) is 102 cm³/mol. The van der Waals surface area contributed by atoms with E-state index >= 15 is 0 Å². The number of likely N-dealkylation sites (tertiary alicyclic amines) is 1. The van der Waals surface area contributed by atoms with Gasteiger partial charge in [-0.15, -0.1) is 0 Å². The lowest BCUT2D eigenvalue weighted by Crippen LogP contribution is -2.36. The van der Waals surface area contributed by atoms with Gasteiger partial charge in [0.2, 0.25) is 0 Å². The number of ether oxygens (including phenoxy) is 1. The van der Waals surface area contributed by atoms with Crippen LogP contribution in [0.25, 0.3) is 11.2 Å². The molecule has 0 bridgehead atoms. The Kier molecular flexibility index (Phi) is 4.35. The maximum atomic E-state index is 12.3. The summed E-state index contributed by atoms with van der Waals surface area (Å²) >= 11 is 0. The molecule has 1 aliphatic rings. The minimum atomic E-state index is -0.372. The van der Waals surface area contributed by atoms with Crippen LogP contribution in [0.2, 0.25) is 0 Å². The van der Waals surface area contributed by atoms with Gasteiger partial charge in [0.25, 0.3) is 5.56 Å². The number of methoxy groups -OCH3 is 1. The van der Waals surface area contributed by atoms with Crippen molar-refractivity contribution in [3.63, 3.8) is 0 Å². The molecule has 1 aliphatic heterocycles. The normalized spacial score (nSPS) is 17.7. The fraction of sp³-hybridized carbons (Fsp3) is 0.421. The summed E-state index contributed by atoms with van der Waals surface area (Å²) in [5.74, 6) is 2.03. The molecule has 0 amide bonds. The molecule has 1 aromatic carbocycles. The second-order valence-corrected chi connectivity index (χ2v) is 7.05. The van der Waals surface area contributed by atoms with E-state index in [2.05, 4.69) is 20.9 Å². The summed E-state index contributed by atoms with van der Waals surface area (Å²) < 4.78 is 7.99. The van der Waals surface area contributed by atoms with Gasteiger partial charge in [0, 0.05) is 26.6 Å². The van der Waals surface area contributed by atoms with Crippen LogP contribution >= 0.6 is 0 Å². The number of H-pyrrole nitrogens is 1. The average Bonchev–Trinajstić information content (AvgIpc) is 3.32. The van der Waals surface area contributed by atoms with Crippen molar-refractivity contribution >= 4 is 11.2 Å². The van der Waals surface area contributed by atoms with Crippen molar-refractivity contribution in [3.8, 4) is 5.75 Å². The van der Waals surface area contributed by atoms with Gasteiger partial charge < -0.3 is 9.72 Å². The van der Waals surface area contributed by atoms with Gasteiger partial charge in [0.1, 0.15) is 17.1 Å². The van der Waals surface area contributed by atoms with Crippen molar-refractivity contribution in [2.75, 3.05) is 20.2 Å². The molecular weight excluding hydrogens is 346 g/mol. The number of nitrogens with one attached hydrogen (secondary N) is 1. The first-order valence-corrected chi connectivity index (χ1v) is 8.99. The second kappa shape index (κ2) is 6.70. The Morgan fingerprint density at radius 1 is 1.22 bits per heavy atom. The van der Waals surface area contributed by atoms with Gasteiger partial charge in [-0.2, -0.15) is 0 Å². The van der Waals surface area contributed by atoms with E-state index in [1.54, 1.807) is 14.2 Å². The number of aryl methyl sites for hydroxylation is 1. The molecule has 1 atom stereocenters. The largest absolute Gasteiger partial charge is 0.496 e. The number of hydrogen-bond donors (Lipinski definition) is 1. The molecule has 3 heterocycles. The summed E-state index contributed by atoms with van der Waals surface area (Å²) in [6, 6.07) is 8.13. The molecule has 1 unspecified atom stereocenters. The topological polar surface area (TPSA) is 85.2 Å². The van der Waals surface area contributed by atoms with Gasteiger partial charge >= 0.3 is 5.69 Å². The van der Waals surface area contributed by atoms with E-state index in [-0.39, 0.29) is 11.2 Å². The van der Waals surface area contributed by atoms with E-state index in [9.17, 15) is 9.59 Å². The zero-order valence-corrected chi connectivity index (χ0v) is 15.7. The molecule has 1 saturated heterocycles.